The van der Waals surface area contributed by atoms with Gasteiger partial charge in [-0.2, -0.15) is 0 Å². The highest BCUT2D eigenvalue weighted by molar-refractivity contribution is 7.90. The van der Waals surface area contributed by atoms with Gasteiger partial charge in [0.1, 0.15) is 0 Å². The molecular weight excluding hydrogens is 270 g/mol. The largest absolute Gasteiger partial charge is 0.481 e. The van der Waals surface area contributed by atoms with Crippen LogP contribution in [0.5, 0.6) is 0 Å². The van der Waals surface area contributed by atoms with Crippen molar-refractivity contribution >= 4 is 16.0 Å². The Bertz CT molecular complexity index is 416. The molecule has 0 bridgehead atoms. The summed E-state index contributed by atoms with van der Waals surface area (Å²) in [7, 11) is -3.44. The molecule has 0 spiro atoms. The van der Waals surface area contributed by atoms with Gasteiger partial charge in [0.2, 0.25) is 10.0 Å². The standard InChI is InChI=1S/C12H21NO5S/c14-12(15)10-3-1-2-4-11(10)13-19(16,17)9-5-7-18-8-6-9/h9-11,13H,1-8H2,(H,14,15). The molecule has 0 aromatic heterocycles. The third-order valence-electron chi connectivity index (χ3n) is 4.01. The second kappa shape index (κ2) is 6.19. The lowest BCUT2D eigenvalue weighted by Crippen LogP contribution is -2.49. The molecule has 6 nitrogen and oxygen atoms in total. The van der Waals surface area contributed by atoms with Crippen molar-refractivity contribution in [2.75, 3.05) is 13.2 Å². The van der Waals surface area contributed by atoms with Crippen molar-refractivity contribution in [3.8, 4) is 0 Å². The fourth-order valence-electron chi connectivity index (χ4n) is 2.86. The van der Waals surface area contributed by atoms with Crippen molar-refractivity contribution in [3.05, 3.63) is 0 Å². The van der Waals surface area contributed by atoms with Crippen LogP contribution in [0.3, 0.4) is 0 Å². The lowest BCUT2D eigenvalue weighted by molar-refractivity contribution is -0.143. The second-order valence-electron chi connectivity index (χ2n) is 5.31. The van der Waals surface area contributed by atoms with Crippen LogP contribution in [-0.2, 0) is 19.6 Å². The Morgan fingerprint density at radius 3 is 2.37 bits per heavy atom. The minimum Gasteiger partial charge on any atom is -0.481 e. The molecule has 1 saturated heterocycles. The lowest BCUT2D eigenvalue weighted by atomic mass is 9.85. The Morgan fingerprint density at radius 2 is 1.74 bits per heavy atom. The molecule has 7 heteroatoms. The van der Waals surface area contributed by atoms with Gasteiger partial charge in [0.05, 0.1) is 11.2 Å². The summed E-state index contributed by atoms with van der Waals surface area (Å²) >= 11 is 0. The van der Waals surface area contributed by atoms with Gasteiger partial charge in [-0.1, -0.05) is 12.8 Å². The van der Waals surface area contributed by atoms with Gasteiger partial charge in [0, 0.05) is 19.3 Å². The zero-order valence-corrected chi connectivity index (χ0v) is 11.7. The first-order chi connectivity index (χ1) is 9.00. The van der Waals surface area contributed by atoms with Gasteiger partial charge in [-0.3, -0.25) is 4.79 Å². The fourth-order valence-corrected chi connectivity index (χ4v) is 4.57. The van der Waals surface area contributed by atoms with E-state index in [0.717, 1.165) is 12.8 Å². The van der Waals surface area contributed by atoms with E-state index in [1.54, 1.807) is 0 Å². The van der Waals surface area contributed by atoms with E-state index in [2.05, 4.69) is 4.72 Å². The summed E-state index contributed by atoms with van der Waals surface area (Å²) < 4.78 is 32.3. The van der Waals surface area contributed by atoms with Crippen LogP contribution in [0, 0.1) is 5.92 Å². The first-order valence-electron chi connectivity index (χ1n) is 6.82. The van der Waals surface area contributed by atoms with Crippen molar-refractivity contribution in [2.24, 2.45) is 5.92 Å². The number of hydrogen-bond acceptors (Lipinski definition) is 4. The average molecular weight is 291 g/mol. The number of rotatable bonds is 4. The van der Waals surface area contributed by atoms with Gasteiger partial charge in [-0.05, 0) is 25.7 Å². The van der Waals surface area contributed by atoms with E-state index in [0.29, 0.717) is 38.9 Å². The molecule has 19 heavy (non-hydrogen) atoms. The van der Waals surface area contributed by atoms with Crippen LogP contribution in [0.1, 0.15) is 38.5 Å². The maximum atomic E-state index is 12.3. The van der Waals surface area contributed by atoms with Gasteiger partial charge >= 0.3 is 5.97 Å². The number of carbonyl (C=O) groups is 1. The SMILES string of the molecule is O=C(O)C1CCCCC1NS(=O)(=O)C1CCOCC1. The molecule has 0 amide bonds. The third-order valence-corrected chi connectivity index (χ3v) is 5.99. The van der Waals surface area contributed by atoms with Crippen LogP contribution in [-0.4, -0.2) is 44.0 Å². The molecule has 2 fully saturated rings. The van der Waals surface area contributed by atoms with E-state index in [-0.39, 0.29) is 0 Å². The monoisotopic (exact) mass is 291 g/mol. The number of carboxylic acids is 1. The maximum absolute atomic E-state index is 12.3. The van der Waals surface area contributed by atoms with Crippen LogP contribution in [0.2, 0.25) is 0 Å². The molecule has 0 radical (unpaired) electrons. The number of sulfonamides is 1. The van der Waals surface area contributed by atoms with E-state index < -0.39 is 33.2 Å². The Labute approximate surface area is 113 Å². The minimum atomic E-state index is -3.44. The van der Waals surface area contributed by atoms with Gasteiger partial charge in [0.25, 0.3) is 0 Å². The van der Waals surface area contributed by atoms with E-state index in [1.165, 1.54) is 0 Å². The molecule has 110 valence electrons. The highest BCUT2D eigenvalue weighted by atomic mass is 32.2. The molecule has 1 aliphatic heterocycles. The summed E-state index contributed by atoms with van der Waals surface area (Å²) in [6.07, 6.45) is 3.87. The topological polar surface area (TPSA) is 92.7 Å². The van der Waals surface area contributed by atoms with Gasteiger partial charge < -0.3 is 9.84 Å². The van der Waals surface area contributed by atoms with Crippen LogP contribution in [0.4, 0.5) is 0 Å². The number of hydrogen-bond donors (Lipinski definition) is 2. The van der Waals surface area contributed by atoms with Crippen LogP contribution in [0.25, 0.3) is 0 Å². The Morgan fingerprint density at radius 1 is 1.11 bits per heavy atom. The predicted octanol–water partition coefficient (Wildman–Crippen LogP) is 0.728. The lowest BCUT2D eigenvalue weighted by Gasteiger charge is -2.31. The fraction of sp³-hybridized carbons (Fsp3) is 0.917. The molecule has 2 rings (SSSR count). The van der Waals surface area contributed by atoms with Crippen molar-refractivity contribution in [3.63, 3.8) is 0 Å². The molecule has 2 atom stereocenters. The molecule has 0 aromatic rings. The highest BCUT2D eigenvalue weighted by Gasteiger charge is 2.36. The number of carboxylic acid groups (broad SMARTS) is 1. The summed E-state index contributed by atoms with van der Waals surface area (Å²) in [6, 6.07) is -0.459. The minimum absolute atomic E-state index is 0.447. The third kappa shape index (κ3) is 3.67. The summed E-state index contributed by atoms with van der Waals surface area (Å²) in [4.78, 5) is 11.2. The van der Waals surface area contributed by atoms with Crippen LogP contribution < -0.4 is 4.72 Å². The molecule has 1 aliphatic carbocycles. The summed E-state index contributed by atoms with van der Waals surface area (Å²) in [5.74, 6) is -1.50. The molecular formula is C12H21NO5S. The van der Waals surface area contributed by atoms with Gasteiger partial charge in [-0.25, -0.2) is 13.1 Å². The zero-order chi connectivity index (χ0) is 13.9. The normalized spacial score (nSPS) is 30.1. The molecule has 2 N–H and O–H groups in total. The van der Waals surface area contributed by atoms with Crippen molar-refractivity contribution in [2.45, 2.75) is 49.8 Å². The molecule has 1 saturated carbocycles. The van der Waals surface area contributed by atoms with E-state index in [1.807, 2.05) is 0 Å². The maximum Gasteiger partial charge on any atom is 0.308 e. The first kappa shape index (κ1) is 14.7. The van der Waals surface area contributed by atoms with Crippen molar-refractivity contribution < 1.29 is 23.1 Å². The summed E-state index contributed by atoms with van der Waals surface area (Å²) in [5.41, 5.74) is 0. The van der Waals surface area contributed by atoms with Crippen LogP contribution >= 0.6 is 0 Å². The summed E-state index contributed by atoms with van der Waals surface area (Å²) in [5, 5.41) is 8.71. The number of ether oxygens (including phenoxy) is 1. The van der Waals surface area contributed by atoms with E-state index in [4.69, 9.17) is 9.84 Å². The van der Waals surface area contributed by atoms with E-state index in [9.17, 15) is 13.2 Å². The number of aliphatic carboxylic acids is 1. The van der Waals surface area contributed by atoms with Crippen molar-refractivity contribution in [1.82, 2.24) is 4.72 Å². The Hall–Kier alpha value is -0.660. The molecule has 2 aliphatic rings. The molecule has 1 heterocycles. The van der Waals surface area contributed by atoms with Crippen molar-refractivity contribution in [1.29, 1.82) is 0 Å². The predicted molar refractivity (Wildman–Crippen MR) is 69.3 cm³/mol. The molecule has 2 unspecified atom stereocenters. The Kier molecular flexibility index (Phi) is 4.81. The van der Waals surface area contributed by atoms with E-state index >= 15 is 0 Å². The van der Waals surface area contributed by atoms with Gasteiger partial charge in [-0.15, -0.1) is 0 Å². The zero-order valence-electron chi connectivity index (χ0n) is 10.9. The first-order valence-corrected chi connectivity index (χ1v) is 8.37. The summed E-state index contributed by atoms with van der Waals surface area (Å²) in [6.45, 7) is 0.914. The quantitative estimate of drug-likeness (QED) is 0.796. The van der Waals surface area contributed by atoms with Crippen LogP contribution in [0.15, 0.2) is 0 Å². The number of nitrogens with one attached hydrogen (secondary N) is 1. The Balaban J connectivity index is 2.03. The average Bonchev–Trinajstić information content (AvgIpc) is 2.39. The highest BCUT2D eigenvalue weighted by Crippen LogP contribution is 2.26. The van der Waals surface area contributed by atoms with Gasteiger partial charge in [0.15, 0.2) is 0 Å². The molecule has 0 aromatic carbocycles. The second-order valence-corrected chi connectivity index (χ2v) is 7.30. The smallest absolute Gasteiger partial charge is 0.308 e.